The lowest BCUT2D eigenvalue weighted by Gasteiger charge is -2.20. The normalized spacial score (nSPS) is 22.8. The minimum Gasteiger partial charge on any atom is -0.481 e. The summed E-state index contributed by atoms with van der Waals surface area (Å²) >= 11 is 0. The molecule has 2 rings (SSSR count). The Labute approximate surface area is 123 Å². The molecule has 0 bridgehead atoms. The van der Waals surface area contributed by atoms with Gasteiger partial charge in [0, 0.05) is 0 Å². The molecular weight excluding hydrogens is 273 g/mol. The van der Waals surface area contributed by atoms with Crippen molar-refractivity contribution in [2.75, 3.05) is 0 Å². The molecule has 1 saturated carbocycles. The summed E-state index contributed by atoms with van der Waals surface area (Å²) in [5.41, 5.74) is 1.23. The molecule has 0 radical (unpaired) electrons. The lowest BCUT2D eigenvalue weighted by Crippen LogP contribution is -2.36. The van der Waals surface area contributed by atoms with Crippen LogP contribution in [0.1, 0.15) is 43.4 Å². The molecule has 5 heteroatoms. The summed E-state index contributed by atoms with van der Waals surface area (Å²) < 4.78 is 13.6. The highest BCUT2D eigenvalue weighted by atomic mass is 19.1. The van der Waals surface area contributed by atoms with Gasteiger partial charge in [-0.3, -0.25) is 9.59 Å². The highest BCUT2D eigenvalue weighted by molar-refractivity contribution is 5.85. The fourth-order valence-electron chi connectivity index (χ4n) is 2.85. The van der Waals surface area contributed by atoms with Crippen LogP contribution in [0.2, 0.25) is 0 Å². The monoisotopic (exact) mass is 293 g/mol. The number of carbonyl (C=O) groups excluding carboxylic acids is 1. The quantitative estimate of drug-likeness (QED) is 0.897. The van der Waals surface area contributed by atoms with Crippen molar-refractivity contribution >= 4 is 11.9 Å². The molecular formula is C16H20FNO3. The van der Waals surface area contributed by atoms with Gasteiger partial charge in [-0.05, 0) is 43.9 Å². The van der Waals surface area contributed by atoms with Crippen LogP contribution < -0.4 is 5.32 Å². The molecule has 0 aromatic heterocycles. The van der Waals surface area contributed by atoms with Crippen LogP contribution in [0, 0.1) is 24.6 Å². The number of benzene rings is 1. The molecule has 1 unspecified atom stereocenters. The number of amides is 1. The number of nitrogens with one attached hydrogen (secondary N) is 1. The zero-order valence-electron chi connectivity index (χ0n) is 12.2. The predicted octanol–water partition coefficient (Wildman–Crippen LogP) is 2.81. The second-order valence-corrected chi connectivity index (χ2v) is 5.72. The molecule has 1 fully saturated rings. The fraction of sp³-hybridized carbons (Fsp3) is 0.500. The van der Waals surface area contributed by atoms with E-state index >= 15 is 0 Å². The molecule has 0 heterocycles. The van der Waals surface area contributed by atoms with Gasteiger partial charge in [-0.15, -0.1) is 0 Å². The number of carboxylic acid groups (broad SMARTS) is 1. The van der Waals surface area contributed by atoms with Gasteiger partial charge in [0.2, 0.25) is 5.91 Å². The standard InChI is InChI=1S/C16H20FNO3/c1-9-6-7-11(8-14(9)17)10(2)18-15(19)12-4-3-5-13(12)16(20)21/h6-8,10,12-13H,3-5H2,1-2H3,(H,18,19)(H,20,21)/t10?,12-,13+/m1/s1. The van der Waals surface area contributed by atoms with Crippen LogP contribution in [0.15, 0.2) is 18.2 Å². The minimum absolute atomic E-state index is 0.256. The van der Waals surface area contributed by atoms with Crippen LogP contribution in [-0.2, 0) is 9.59 Å². The van der Waals surface area contributed by atoms with Gasteiger partial charge in [0.25, 0.3) is 0 Å². The summed E-state index contributed by atoms with van der Waals surface area (Å²) in [6.45, 7) is 3.45. The smallest absolute Gasteiger partial charge is 0.307 e. The Hall–Kier alpha value is -1.91. The van der Waals surface area contributed by atoms with Crippen molar-refractivity contribution in [2.24, 2.45) is 11.8 Å². The summed E-state index contributed by atoms with van der Waals surface area (Å²) in [4.78, 5) is 23.4. The molecule has 1 aromatic rings. The first-order valence-corrected chi connectivity index (χ1v) is 7.19. The topological polar surface area (TPSA) is 66.4 Å². The number of aliphatic carboxylic acids is 1. The number of halogens is 1. The van der Waals surface area contributed by atoms with Gasteiger partial charge in [0.05, 0.1) is 17.9 Å². The Bertz CT molecular complexity index is 558. The van der Waals surface area contributed by atoms with Crippen molar-refractivity contribution in [3.05, 3.63) is 35.1 Å². The molecule has 1 aliphatic rings. The Morgan fingerprint density at radius 2 is 2.00 bits per heavy atom. The SMILES string of the molecule is Cc1ccc(C(C)NC(=O)[C@@H]2CCC[C@@H]2C(=O)O)cc1F. The second kappa shape index (κ2) is 6.24. The number of aryl methyl sites for hydroxylation is 1. The number of carbonyl (C=O) groups is 2. The van der Waals surface area contributed by atoms with Gasteiger partial charge in [0.1, 0.15) is 5.82 Å². The third kappa shape index (κ3) is 3.40. The molecule has 1 aromatic carbocycles. The predicted molar refractivity (Wildman–Crippen MR) is 76.2 cm³/mol. The summed E-state index contributed by atoms with van der Waals surface area (Å²) in [5.74, 6) is -2.57. The average Bonchev–Trinajstić information content (AvgIpc) is 2.91. The third-order valence-corrected chi connectivity index (χ3v) is 4.22. The molecule has 0 spiro atoms. The van der Waals surface area contributed by atoms with Gasteiger partial charge in [-0.1, -0.05) is 18.6 Å². The molecule has 1 aliphatic carbocycles. The number of rotatable bonds is 4. The first-order valence-electron chi connectivity index (χ1n) is 7.19. The first-order chi connectivity index (χ1) is 9.90. The summed E-state index contributed by atoms with van der Waals surface area (Å²) in [7, 11) is 0. The van der Waals surface area contributed by atoms with Crippen LogP contribution >= 0.6 is 0 Å². The van der Waals surface area contributed by atoms with Crippen molar-refractivity contribution in [1.82, 2.24) is 5.32 Å². The molecule has 2 N–H and O–H groups in total. The van der Waals surface area contributed by atoms with Gasteiger partial charge in [-0.25, -0.2) is 4.39 Å². The van der Waals surface area contributed by atoms with E-state index in [0.717, 1.165) is 6.42 Å². The van der Waals surface area contributed by atoms with Crippen LogP contribution in [0.5, 0.6) is 0 Å². The fourth-order valence-corrected chi connectivity index (χ4v) is 2.85. The van der Waals surface area contributed by atoms with E-state index in [2.05, 4.69) is 5.32 Å². The minimum atomic E-state index is -0.915. The summed E-state index contributed by atoms with van der Waals surface area (Å²) in [6, 6.07) is 4.50. The molecule has 114 valence electrons. The van der Waals surface area contributed by atoms with E-state index in [0.29, 0.717) is 24.0 Å². The van der Waals surface area contributed by atoms with Crippen molar-refractivity contribution in [3.63, 3.8) is 0 Å². The zero-order valence-corrected chi connectivity index (χ0v) is 12.2. The summed E-state index contributed by atoms with van der Waals surface area (Å²) in [5, 5.41) is 11.9. The van der Waals surface area contributed by atoms with E-state index in [4.69, 9.17) is 5.11 Å². The Kier molecular flexibility index (Phi) is 4.60. The van der Waals surface area contributed by atoms with E-state index in [1.165, 1.54) is 6.07 Å². The Morgan fingerprint density at radius 1 is 1.33 bits per heavy atom. The first kappa shape index (κ1) is 15.5. The van der Waals surface area contributed by atoms with Crippen molar-refractivity contribution in [1.29, 1.82) is 0 Å². The second-order valence-electron chi connectivity index (χ2n) is 5.72. The highest BCUT2D eigenvalue weighted by Crippen LogP contribution is 2.32. The molecule has 1 amide bonds. The van der Waals surface area contributed by atoms with Gasteiger partial charge in [0.15, 0.2) is 0 Å². The molecule has 0 saturated heterocycles. The number of carboxylic acids is 1. The van der Waals surface area contributed by atoms with E-state index in [1.807, 2.05) is 0 Å². The van der Waals surface area contributed by atoms with E-state index < -0.39 is 17.8 Å². The van der Waals surface area contributed by atoms with Crippen molar-refractivity contribution in [3.8, 4) is 0 Å². The maximum atomic E-state index is 13.6. The molecule has 0 aliphatic heterocycles. The zero-order chi connectivity index (χ0) is 15.6. The summed E-state index contributed by atoms with van der Waals surface area (Å²) in [6.07, 6.45) is 1.89. The molecule has 3 atom stereocenters. The van der Waals surface area contributed by atoms with Crippen LogP contribution in [-0.4, -0.2) is 17.0 Å². The van der Waals surface area contributed by atoms with E-state index in [-0.39, 0.29) is 17.8 Å². The lowest BCUT2D eigenvalue weighted by molar-refractivity contribution is -0.146. The van der Waals surface area contributed by atoms with Crippen molar-refractivity contribution < 1.29 is 19.1 Å². The van der Waals surface area contributed by atoms with Gasteiger partial charge >= 0.3 is 5.97 Å². The van der Waals surface area contributed by atoms with E-state index in [9.17, 15) is 14.0 Å². The van der Waals surface area contributed by atoms with Gasteiger partial charge in [-0.2, -0.15) is 0 Å². The Morgan fingerprint density at radius 3 is 2.62 bits per heavy atom. The van der Waals surface area contributed by atoms with Crippen LogP contribution in [0.3, 0.4) is 0 Å². The lowest BCUT2D eigenvalue weighted by atomic mass is 9.94. The number of hydrogen-bond donors (Lipinski definition) is 2. The third-order valence-electron chi connectivity index (χ3n) is 4.22. The Balaban J connectivity index is 2.04. The average molecular weight is 293 g/mol. The number of hydrogen-bond acceptors (Lipinski definition) is 2. The highest BCUT2D eigenvalue weighted by Gasteiger charge is 2.38. The van der Waals surface area contributed by atoms with E-state index in [1.54, 1.807) is 26.0 Å². The molecule has 4 nitrogen and oxygen atoms in total. The van der Waals surface area contributed by atoms with Crippen LogP contribution in [0.4, 0.5) is 4.39 Å². The van der Waals surface area contributed by atoms with Crippen LogP contribution in [0.25, 0.3) is 0 Å². The largest absolute Gasteiger partial charge is 0.481 e. The molecule has 21 heavy (non-hydrogen) atoms. The van der Waals surface area contributed by atoms with Crippen molar-refractivity contribution in [2.45, 2.75) is 39.2 Å². The maximum absolute atomic E-state index is 13.6. The maximum Gasteiger partial charge on any atom is 0.307 e. The van der Waals surface area contributed by atoms with Gasteiger partial charge < -0.3 is 10.4 Å².